The Kier molecular flexibility index (Phi) is 2.76. The Morgan fingerprint density at radius 3 is 3.00 bits per heavy atom. The van der Waals surface area contributed by atoms with Crippen LogP contribution in [0.15, 0.2) is 24.3 Å². The number of para-hydroxylation sites is 1. The highest BCUT2D eigenvalue weighted by Gasteiger charge is 2.58. The van der Waals surface area contributed by atoms with Gasteiger partial charge in [0.1, 0.15) is 11.4 Å². The van der Waals surface area contributed by atoms with Crippen molar-refractivity contribution in [1.29, 1.82) is 5.26 Å². The molecule has 94 valence electrons. The van der Waals surface area contributed by atoms with Crippen LogP contribution in [-0.4, -0.2) is 18.8 Å². The summed E-state index contributed by atoms with van der Waals surface area (Å²) in [4.78, 5) is 0. The van der Waals surface area contributed by atoms with Crippen LogP contribution < -0.4 is 4.74 Å². The molecule has 0 radical (unpaired) electrons. The maximum atomic E-state index is 8.98. The highest BCUT2D eigenvalue weighted by Crippen LogP contribution is 2.53. The lowest BCUT2D eigenvalue weighted by Crippen LogP contribution is -2.24. The summed E-state index contributed by atoms with van der Waals surface area (Å²) in [5, 5.41) is 8.98. The third-order valence-corrected chi connectivity index (χ3v) is 4.21. The Bertz CT molecular complexity index is 494. The number of hydrogen-bond acceptors (Lipinski definition) is 3. The van der Waals surface area contributed by atoms with Gasteiger partial charge in [-0.1, -0.05) is 18.2 Å². The Morgan fingerprint density at radius 1 is 1.44 bits per heavy atom. The number of methoxy groups -OCH3 is 1. The summed E-state index contributed by atoms with van der Waals surface area (Å²) in [6.07, 6.45) is 4.07. The number of benzene rings is 1. The minimum absolute atomic E-state index is 0.154. The molecular formula is C15H17NO2. The van der Waals surface area contributed by atoms with Gasteiger partial charge >= 0.3 is 0 Å². The van der Waals surface area contributed by atoms with E-state index in [1.807, 2.05) is 12.1 Å². The van der Waals surface area contributed by atoms with E-state index in [1.165, 1.54) is 5.56 Å². The van der Waals surface area contributed by atoms with E-state index < -0.39 is 0 Å². The maximum Gasteiger partial charge on any atom is 0.173 e. The van der Waals surface area contributed by atoms with Gasteiger partial charge in [0.15, 0.2) is 6.10 Å². The number of hydrogen-bond donors (Lipinski definition) is 0. The standard InChI is InChI=1S/C15H17NO2/c1-17-13-7-3-2-6-12(13)11-5-4-8-15(9-11)14(10-16)18-15/h2-3,6-7,11,14H,4-5,8-9H2,1H3. The molecule has 18 heavy (non-hydrogen) atoms. The molecule has 3 atom stereocenters. The van der Waals surface area contributed by atoms with Crippen LogP contribution in [0.5, 0.6) is 5.75 Å². The topological polar surface area (TPSA) is 45.5 Å². The fraction of sp³-hybridized carbons (Fsp3) is 0.533. The summed E-state index contributed by atoms with van der Waals surface area (Å²) in [5.74, 6) is 1.40. The summed E-state index contributed by atoms with van der Waals surface area (Å²) >= 11 is 0. The van der Waals surface area contributed by atoms with Gasteiger partial charge in [-0.25, -0.2) is 0 Å². The third-order valence-electron chi connectivity index (χ3n) is 4.21. The third kappa shape index (κ3) is 1.77. The lowest BCUT2D eigenvalue weighted by molar-refractivity contribution is 0.217. The SMILES string of the molecule is COc1ccccc1C1CCCC2(C1)OC2C#N. The van der Waals surface area contributed by atoms with Gasteiger partial charge in [-0.3, -0.25) is 0 Å². The Morgan fingerprint density at radius 2 is 2.28 bits per heavy atom. The molecule has 1 aromatic rings. The van der Waals surface area contributed by atoms with Crippen LogP contribution in [-0.2, 0) is 4.74 Å². The molecule has 3 unspecified atom stereocenters. The molecule has 1 aliphatic heterocycles. The molecule has 0 amide bonds. The average Bonchev–Trinajstić information content (AvgIpc) is 3.11. The Hall–Kier alpha value is -1.53. The van der Waals surface area contributed by atoms with E-state index in [0.717, 1.165) is 31.4 Å². The molecule has 0 N–H and O–H groups in total. The van der Waals surface area contributed by atoms with Crippen molar-refractivity contribution in [2.24, 2.45) is 0 Å². The summed E-state index contributed by atoms with van der Waals surface area (Å²) in [6, 6.07) is 10.4. The first-order chi connectivity index (χ1) is 8.79. The first-order valence-electron chi connectivity index (χ1n) is 6.49. The molecule has 1 spiro atoms. The van der Waals surface area contributed by atoms with Crippen molar-refractivity contribution in [1.82, 2.24) is 0 Å². The molecule has 2 aliphatic rings. The summed E-state index contributed by atoms with van der Waals surface area (Å²) in [5.41, 5.74) is 1.10. The molecule has 1 saturated heterocycles. The molecule has 1 heterocycles. The number of rotatable bonds is 2. The lowest BCUT2D eigenvalue weighted by Gasteiger charge is -2.28. The first kappa shape index (κ1) is 11.6. The molecule has 0 bridgehead atoms. The second-order valence-electron chi connectivity index (χ2n) is 5.23. The monoisotopic (exact) mass is 243 g/mol. The smallest absolute Gasteiger partial charge is 0.173 e. The molecule has 2 fully saturated rings. The largest absolute Gasteiger partial charge is 0.496 e. The van der Waals surface area contributed by atoms with Gasteiger partial charge in [0.05, 0.1) is 13.2 Å². The van der Waals surface area contributed by atoms with Crippen molar-refractivity contribution in [3.63, 3.8) is 0 Å². The summed E-state index contributed by atoms with van der Waals surface area (Å²) in [6.45, 7) is 0. The van der Waals surface area contributed by atoms with E-state index in [1.54, 1.807) is 7.11 Å². The zero-order chi connectivity index (χ0) is 12.6. The van der Waals surface area contributed by atoms with E-state index in [9.17, 15) is 0 Å². The van der Waals surface area contributed by atoms with Crippen molar-refractivity contribution in [2.75, 3.05) is 7.11 Å². The average molecular weight is 243 g/mol. The quantitative estimate of drug-likeness (QED) is 0.750. The fourth-order valence-electron chi connectivity index (χ4n) is 3.23. The summed E-state index contributed by atoms with van der Waals surface area (Å²) in [7, 11) is 1.71. The first-order valence-corrected chi connectivity index (χ1v) is 6.49. The van der Waals surface area contributed by atoms with Crippen LogP contribution in [0.3, 0.4) is 0 Å². The second kappa shape index (κ2) is 4.29. The lowest BCUT2D eigenvalue weighted by atomic mass is 9.76. The van der Waals surface area contributed by atoms with E-state index in [0.29, 0.717) is 5.92 Å². The molecular weight excluding hydrogens is 226 g/mol. The number of ether oxygens (including phenoxy) is 2. The molecule has 3 nitrogen and oxygen atoms in total. The van der Waals surface area contributed by atoms with Crippen LogP contribution >= 0.6 is 0 Å². The van der Waals surface area contributed by atoms with Gasteiger partial charge in [0.25, 0.3) is 0 Å². The highest BCUT2D eigenvalue weighted by molar-refractivity contribution is 5.37. The Labute approximate surface area is 107 Å². The van der Waals surface area contributed by atoms with Gasteiger partial charge in [0, 0.05) is 0 Å². The predicted octanol–water partition coefficient (Wildman–Crippen LogP) is 3.01. The van der Waals surface area contributed by atoms with Crippen molar-refractivity contribution in [3.8, 4) is 11.8 Å². The normalized spacial score (nSPS) is 34.0. The van der Waals surface area contributed by atoms with Crippen LogP contribution in [0.2, 0.25) is 0 Å². The predicted molar refractivity (Wildman–Crippen MR) is 67.4 cm³/mol. The minimum Gasteiger partial charge on any atom is -0.496 e. The zero-order valence-electron chi connectivity index (χ0n) is 10.6. The van der Waals surface area contributed by atoms with Gasteiger partial charge in [-0.15, -0.1) is 0 Å². The molecule has 3 heteroatoms. The van der Waals surface area contributed by atoms with Crippen LogP contribution in [0.25, 0.3) is 0 Å². The number of nitrogens with zero attached hydrogens (tertiary/aromatic N) is 1. The van der Waals surface area contributed by atoms with E-state index in [2.05, 4.69) is 18.2 Å². The second-order valence-corrected chi connectivity index (χ2v) is 5.23. The minimum atomic E-state index is -0.185. The fourth-order valence-corrected chi connectivity index (χ4v) is 3.23. The molecule has 1 saturated carbocycles. The summed E-state index contributed by atoms with van der Waals surface area (Å²) < 4.78 is 11.1. The van der Waals surface area contributed by atoms with E-state index >= 15 is 0 Å². The van der Waals surface area contributed by atoms with Crippen molar-refractivity contribution < 1.29 is 9.47 Å². The van der Waals surface area contributed by atoms with E-state index in [-0.39, 0.29) is 11.7 Å². The zero-order valence-corrected chi connectivity index (χ0v) is 10.6. The van der Waals surface area contributed by atoms with Crippen LogP contribution in [0, 0.1) is 11.3 Å². The maximum absolute atomic E-state index is 8.98. The van der Waals surface area contributed by atoms with E-state index in [4.69, 9.17) is 14.7 Å². The van der Waals surface area contributed by atoms with Gasteiger partial charge in [0.2, 0.25) is 0 Å². The number of nitriles is 1. The van der Waals surface area contributed by atoms with Crippen molar-refractivity contribution >= 4 is 0 Å². The van der Waals surface area contributed by atoms with Crippen molar-refractivity contribution in [3.05, 3.63) is 29.8 Å². The van der Waals surface area contributed by atoms with Crippen LogP contribution in [0.1, 0.15) is 37.2 Å². The Balaban J connectivity index is 1.83. The molecule has 3 rings (SSSR count). The molecule has 1 aromatic carbocycles. The van der Waals surface area contributed by atoms with Gasteiger partial charge < -0.3 is 9.47 Å². The van der Waals surface area contributed by atoms with Crippen molar-refractivity contribution in [2.45, 2.75) is 43.3 Å². The molecule has 1 aliphatic carbocycles. The van der Waals surface area contributed by atoms with Crippen LogP contribution in [0.4, 0.5) is 0 Å². The van der Waals surface area contributed by atoms with Gasteiger partial charge in [-0.2, -0.15) is 5.26 Å². The highest BCUT2D eigenvalue weighted by atomic mass is 16.6. The molecule has 0 aromatic heterocycles. The van der Waals surface area contributed by atoms with Gasteiger partial charge in [-0.05, 0) is 43.2 Å². The number of epoxide rings is 1.